The van der Waals surface area contributed by atoms with E-state index in [1.165, 1.54) is 7.11 Å². The van der Waals surface area contributed by atoms with Gasteiger partial charge in [0.25, 0.3) is 0 Å². The minimum Gasteiger partial charge on any atom is -0.465 e. The van der Waals surface area contributed by atoms with Gasteiger partial charge in [-0.1, -0.05) is 0 Å². The van der Waals surface area contributed by atoms with Gasteiger partial charge in [0.2, 0.25) is 0 Å². The molecular formula is C13H18N2O3. The van der Waals surface area contributed by atoms with E-state index in [-0.39, 0.29) is 5.97 Å². The van der Waals surface area contributed by atoms with Gasteiger partial charge in [0.15, 0.2) is 0 Å². The van der Waals surface area contributed by atoms with Gasteiger partial charge in [0.1, 0.15) is 0 Å². The zero-order valence-corrected chi connectivity index (χ0v) is 10.4. The van der Waals surface area contributed by atoms with Crippen molar-refractivity contribution < 1.29 is 14.3 Å². The Morgan fingerprint density at radius 3 is 2.78 bits per heavy atom. The van der Waals surface area contributed by atoms with Gasteiger partial charge in [0, 0.05) is 30.6 Å². The number of methoxy groups -OCH3 is 1. The number of anilines is 2. The summed E-state index contributed by atoms with van der Waals surface area (Å²) in [6.45, 7) is 1.54. The average molecular weight is 250 g/mol. The summed E-state index contributed by atoms with van der Waals surface area (Å²) in [5.74, 6) is -0.377. The quantitative estimate of drug-likeness (QED) is 0.630. The molecule has 3 N–H and O–H groups in total. The molecule has 0 amide bonds. The Morgan fingerprint density at radius 2 is 2.11 bits per heavy atom. The number of nitrogen functional groups attached to an aromatic ring is 1. The van der Waals surface area contributed by atoms with Crippen LogP contribution in [0.25, 0.3) is 0 Å². The first-order valence-electron chi connectivity index (χ1n) is 6.02. The Balaban J connectivity index is 2.11. The van der Waals surface area contributed by atoms with Crippen molar-refractivity contribution in [2.45, 2.75) is 18.9 Å². The molecule has 1 aliphatic rings. The topological polar surface area (TPSA) is 73.6 Å². The third-order valence-corrected chi connectivity index (χ3v) is 2.97. The van der Waals surface area contributed by atoms with E-state index in [0.717, 1.165) is 31.7 Å². The Hall–Kier alpha value is -1.75. The van der Waals surface area contributed by atoms with Gasteiger partial charge < -0.3 is 20.5 Å². The second kappa shape index (κ2) is 5.73. The highest BCUT2D eigenvalue weighted by Crippen LogP contribution is 2.20. The number of ether oxygens (including phenoxy) is 2. The summed E-state index contributed by atoms with van der Waals surface area (Å²) in [7, 11) is 1.36. The van der Waals surface area contributed by atoms with Gasteiger partial charge in [-0.05, 0) is 31.0 Å². The first-order valence-corrected chi connectivity index (χ1v) is 6.02. The van der Waals surface area contributed by atoms with E-state index in [9.17, 15) is 4.79 Å². The van der Waals surface area contributed by atoms with Crippen molar-refractivity contribution in [2.24, 2.45) is 0 Å². The lowest BCUT2D eigenvalue weighted by atomic mass is 10.1. The van der Waals surface area contributed by atoms with E-state index >= 15 is 0 Å². The van der Waals surface area contributed by atoms with Crippen molar-refractivity contribution >= 4 is 17.3 Å². The Morgan fingerprint density at radius 1 is 1.39 bits per heavy atom. The highest BCUT2D eigenvalue weighted by molar-refractivity contribution is 5.91. The van der Waals surface area contributed by atoms with Crippen molar-refractivity contribution in [2.75, 3.05) is 31.4 Å². The van der Waals surface area contributed by atoms with E-state index < -0.39 is 0 Å². The molecule has 1 aliphatic heterocycles. The SMILES string of the molecule is COC(=O)c1cc(N)cc(NC2CCOCC2)c1. The molecule has 0 saturated carbocycles. The lowest BCUT2D eigenvalue weighted by Gasteiger charge is -2.24. The first-order chi connectivity index (χ1) is 8.69. The van der Waals surface area contributed by atoms with Crippen LogP contribution in [0, 0.1) is 0 Å². The zero-order chi connectivity index (χ0) is 13.0. The summed E-state index contributed by atoms with van der Waals surface area (Å²) in [6.07, 6.45) is 1.92. The fourth-order valence-corrected chi connectivity index (χ4v) is 2.05. The number of esters is 1. The lowest BCUT2D eigenvalue weighted by Crippen LogP contribution is -2.27. The summed E-state index contributed by atoms with van der Waals surface area (Å²) in [6, 6.07) is 5.56. The van der Waals surface area contributed by atoms with Crippen molar-refractivity contribution in [3.05, 3.63) is 23.8 Å². The number of hydrogen-bond donors (Lipinski definition) is 2. The molecule has 1 fully saturated rings. The molecule has 98 valence electrons. The fraction of sp³-hybridized carbons (Fsp3) is 0.462. The molecule has 1 heterocycles. The number of rotatable bonds is 3. The van der Waals surface area contributed by atoms with Crippen LogP contribution in [0.15, 0.2) is 18.2 Å². The molecular weight excluding hydrogens is 232 g/mol. The van der Waals surface area contributed by atoms with Gasteiger partial charge in [0.05, 0.1) is 12.7 Å². The van der Waals surface area contributed by atoms with E-state index in [1.807, 2.05) is 6.07 Å². The molecule has 1 aromatic carbocycles. The highest BCUT2D eigenvalue weighted by atomic mass is 16.5. The zero-order valence-electron chi connectivity index (χ0n) is 10.4. The molecule has 0 radical (unpaired) electrons. The molecule has 5 nitrogen and oxygen atoms in total. The molecule has 1 saturated heterocycles. The second-order valence-electron chi connectivity index (χ2n) is 4.37. The maximum Gasteiger partial charge on any atom is 0.337 e. The van der Waals surface area contributed by atoms with Crippen molar-refractivity contribution in [3.8, 4) is 0 Å². The fourth-order valence-electron chi connectivity index (χ4n) is 2.05. The van der Waals surface area contributed by atoms with E-state index in [2.05, 4.69) is 5.32 Å². The van der Waals surface area contributed by atoms with Gasteiger partial charge in [-0.3, -0.25) is 0 Å². The van der Waals surface area contributed by atoms with E-state index in [0.29, 0.717) is 17.3 Å². The third-order valence-electron chi connectivity index (χ3n) is 2.97. The molecule has 2 rings (SSSR count). The number of nitrogens with two attached hydrogens (primary N) is 1. The Bertz CT molecular complexity index is 428. The molecule has 0 aromatic heterocycles. The minimum atomic E-state index is -0.377. The third kappa shape index (κ3) is 3.13. The van der Waals surface area contributed by atoms with Crippen LogP contribution < -0.4 is 11.1 Å². The first kappa shape index (κ1) is 12.7. The Kier molecular flexibility index (Phi) is 4.04. The Labute approximate surface area is 106 Å². The smallest absolute Gasteiger partial charge is 0.337 e. The largest absolute Gasteiger partial charge is 0.465 e. The summed E-state index contributed by atoms with van der Waals surface area (Å²) in [5.41, 5.74) is 7.65. The van der Waals surface area contributed by atoms with Crippen LogP contribution in [0.3, 0.4) is 0 Å². The van der Waals surface area contributed by atoms with Crippen LogP contribution in [0.5, 0.6) is 0 Å². The molecule has 0 aliphatic carbocycles. The van der Waals surface area contributed by atoms with Crippen LogP contribution in [0.2, 0.25) is 0 Å². The van der Waals surface area contributed by atoms with Crippen LogP contribution >= 0.6 is 0 Å². The average Bonchev–Trinajstić information content (AvgIpc) is 2.38. The molecule has 5 heteroatoms. The van der Waals surface area contributed by atoms with Gasteiger partial charge in [-0.15, -0.1) is 0 Å². The van der Waals surface area contributed by atoms with Crippen LogP contribution in [-0.4, -0.2) is 32.3 Å². The predicted octanol–water partition coefficient (Wildman–Crippen LogP) is 1.65. The van der Waals surface area contributed by atoms with Crippen LogP contribution in [0.4, 0.5) is 11.4 Å². The van der Waals surface area contributed by atoms with Crippen molar-refractivity contribution in [3.63, 3.8) is 0 Å². The molecule has 0 bridgehead atoms. The number of carbonyl (C=O) groups excluding carboxylic acids is 1. The summed E-state index contributed by atoms with van der Waals surface area (Å²) in [5, 5.41) is 3.37. The van der Waals surface area contributed by atoms with Crippen LogP contribution in [0.1, 0.15) is 23.2 Å². The number of benzene rings is 1. The monoisotopic (exact) mass is 250 g/mol. The van der Waals surface area contributed by atoms with Gasteiger partial charge in [-0.25, -0.2) is 4.79 Å². The van der Waals surface area contributed by atoms with Crippen molar-refractivity contribution in [1.82, 2.24) is 0 Å². The normalized spacial score (nSPS) is 16.3. The maximum atomic E-state index is 11.5. The highest BCUT2D eigenvalue weighted by Gasteiger charge is 2.14. The summed E-state index contributed by atoms with van der Waals surface area (Å²) < 4.78 is 10.00. The van der Waals surface area contributed by atoms with Gasteiger partial charge in [-0.2, -0.15) is 0 Å². The molecule has 0 spiro atoms. The number of carbonyl (C=O) groups is 1. The van der Waals surface area contributed by atoms with Crippen LogP contribution in [-0.2, 0) is 9.47 Å². The second-order valence-corrected chi connectivity index (χ2v) is 4.37. The maximum absolute atomic E-state index is 11.5. The lowest BCUT2D eigenvalue weighted by molar-refractivity contribution is 0.0600. The predicted molar refractivity (Wildman–Crippen MR) is 69.7 cm³/mol. The number of nitrogens with one attached hydrogen (secondary N) is 1. The van der Waals surface area contributed by atoms with E-state index in [1.54, 1.807) is 12.1 Å². The molecule has 1 aromatic rings. The van der Waals surface area contributed by atoms with Gasteiger partial charge >= 0.3 is 5.97 Å². The van der Waals surface area contributed by atoms with Crippen molar-refractivity contribution in [1.29, 1.82) is 0 Å². The van der Waals surface area contributed by atoms with E-state index in [4.69, 9.17) is 15.2 Å². The summed E-state index contributed by atoms with van der Waals surface area (Å²) in [4.78, 5) is 11.5. The molecule has 0 unspecified atom stereocenters. The molecule has 18 heavy (non-hydrogen) atoms. The number of hydrogen-bond acceptors (Lipinski definition) is 5. The molecule has 0 atom stereocenters. The standard InChI is InChI=1S/C13H18N2O3/c1-17-13(16)9-6-10(14)8-12(7-9)15-11-2-4-18-5-3-11/h6-8,11,15H,2-5,14H2,1H3. The minimum absolute atomic E-state index is 0.367. The summed E-state index contributed by atoms with van der Waals surface area (Å²) >= 11 is 0.